The average Bonchev–Trinajstić information content (AvgIpc) is 2.37. The van der Waals surface area contributed by atoms with E-state index >= 15 is 0 Å². The second kappa shape index (κ2) is 7.79. The molecule has 9 heteroatoms. The maximum atomic E-state index is 13.4. The van der Waals surface area contributed by atoms with Crippen molar-refractivity contribution in [2.45, 2.75) is 69.1 Å². The van der Waals surface area contributed by atoms with Crippen molar-refractivity contribution in [2.75, 3.05) is 13.6 Å². The van der Waals surface area contributed by atoms with Gasteiger partial charge in [-0.3, -0.25) is 0 Å². The predicted molar refractivity (Wildman–Crippen MR) is 67.1 cm³/mol. The lowest BCUT2D eigenvalue weighted by Crippen LogP contribution is -2.64. The Balaban J connectivity index is 5.00. The molecule has 0 aliphatic heterocycles. The van der Waals surface area contributed by atoms with E-state index in [2.05, 4.69) is 0 Å². The molecular weight excluding hydrogens is 322 g/mol. The normalized spacial score (nSPS) is 14.5. The first-order valence-corrected chi connectivity index (χ1v) is 7.03. The number of unbranched alkanes of at least 4 members (excludes halogenated alkanes) is 4. The van der Waals surface area contributed by atoms with E-state index in [4.69, 9.17) is 0 Å². The molecule has 0 atom stereocenters. The van der Waals surface area contributed by atoms with Crippen molar-refractivity contribution >= 4 is 0 Å². The minimum absolute atomic E-state index is 0.151. The van der Waals surface area contributed by atoms with Gasteiger partial charge in [0.2, 0.25) is 0 Å². The Labute approximate surface area is 124 Å². The summed E-state index contributed by atoms with van der Waals surface area (Å²) in [6, 6.07) is 0. The summed E-state index contributed by atoms with van der Waals surface area (Å²) in [5, 5.41) is 1.60. The minimum atomic E-state index is -6.16. The van der Waals surface area contributed by atoms with E-state index < -0.39 is 43.1 Å². The Hall–Kier alpha value is -0.600. The fraction of sp³-hybridized carbons (Fsp3) is 1.00. The van der Waals surface area contributed by atoms with E-state index in [-0.39, 0.29) is 6.42 Å². The summed E-state index contributed by atoms with van der Waals surface area (Å²) in [5.74, 6) is -22.8. The van der Waals surface area contributed by atoms with Crippen molar-refractivity contribution in [1.29, 1.82) is 0 Å². The van der Waals surface area contributed by atoms with Gasteiger partial charge in [-0.1, -0.05) is 32.6 Å². The molecule has 0 amide bonds. The van der Waals surface area contributed by atoms with E-state index in [0.717, 1.165) is 13.5 Å². The van der Waals surface area contributed by atoms with Crippen LogP contribution in [0.3, 0.4) is 0 Å². The standard InChI is InChI=1S/C13H21F8N/c1-3-4-5-6-7-8-10(14,15)12(18,19)13(20,21)11(16,17)9-22-2/h22H,3-9H2,1-2H3. The van der Waals surface area contributed by atoms with Crippen molar-refractivity contribution in [2.24, 2.45) is 0 Å². The molecule has 0 aromatic heterocycles. The average molecular weight is 343 g/mol. The van der Waals surface area contributed by atoms with Gasteiger partial charge in [0.1, 0.15) is 0 Å². The molecule has 0 heterocycles. The van der Waals surface area contributed by atoms with Gasteiger partial charge in [0, 0.05) is 6.42 Å². The third-order valence-electron chi connectivity index (χ3n) is 3.31. The first kappa shape index (κ1) is 21.4. The molecule has 22 heavy (non-hydrogen) atoms. The summed E-state index contributed by atoms with van der Waals surface area (Å²) < 4.78 is 106. The van der Waals surface area contributed by atoms with Crippen LogP contribution in [0.15, 0.2) is 0 Å². The van der Waals surface area contributed by atoms with Crippen LogP contribution in [-0.2, 0) is 0 Å². The van der Waals surface area contributed by atoms with Crippen LogP contribution in [0, 0.1) is 0 Å². The summed E-state index contributed by atoms with van der Waals surface area (Å²) in [4.78, 5) is 0. The zero-order chi connectivity index (χ0) is 17.7. The van der Waals surface area contributed by atoms with Crippen molar-refractivity contribution in [3.63, 3.8) is 0 Å². The lowest BCUT2D eigenvalue weighted by atomic mass is 9.94. The van der Waals surface area contributed by atoms with Gasteiger partial charge in [-0.05, 0) is 13.5 Å². The molecule has 0 aliphatic rings. The Morgan fingerprint density at radius 2 is 1.14 bits per heavy atom. The molecule has 1 nitrogen and oxygen atoms in total. The topological polar surface area (TPSA) is 12.0 Å². The molecule has 0 saturated carbocycles. The van der Waals surface area contributed by atoms with Gasteiger partial charge in [0.15, 0.2) is 0 Å². The van der Waals surface area contributed by atoms with Crippen molar-refractivity contribution in [3.05, 3.63) is 0 Å². The van der Waals surface area contributed by atoms with E-state index in [1.54, 1.807) is 5.32 Å². The zero-order valence-corrected chi connectivity index (χ0v) is 12.5. The quantitative estimate of drug-likeness (QED) is 0.406. The molecule has 0 radical (unpaired) electrons. The van der Waals surface area contributed by atoms with Crippen LogP contribution in [-0.4, -0.2) is 37.3 Å². The summed E-state index contributed by atoms with van der Waals surface area (Å²) >= 11 is 0. The maximum absolute atomic E-state index is 13.4. The van der Waals surface area contributed by atoms with Crippen molar-refractivity contribution in [1.82, 2.24) is 5.32 Å². The number of hydrogen-bond acceptors (Lipinski definition) is 1. The Morgan fingerprint density at radius 3 is 1.59 bits per heavy atom. The van der Waals surface area contributed by atoms with Crippen LogP contribution in [0.5, 0.6) is 0 Å². The molecule has 0 aliphatic carbocycles. The van der Waals surface area contributed by atoms with Crippen LogP contribution in [0.4, 0.5) is 35.1 Å². The molecule has 0 aromatic carbocycles. The fourth-order valence-corrected chi connectivity index (χ4v) is 1.90. The van der Waals surface area contributed by atoms with Crippen molar-refractivity contribution in [3.8, 4) is 0 Å². The van der Waals surface area contributed by atoms with Crippen molar-refractivity contribution < 1.29 is 35.1 Å². The van der Waals surface area contributed by atoms with Gasteiger partial charge in [-0.25, -0.2) is 0 Å². The van der Waals surface area contributed by atoms with Crippen LogP contribution in [0.1, 0.15) is 45.4 Å². The lowest BCUT2D eigenvalue weighted by molar-refractivity contribution is -0.365. The minimum Gasteiger partial charge on any atom is -0.314 e. The van der Waals surface area contributed by atoms with E-state index in [1.165, 1.54) is 0 Å². The first-order valence-electron chi connectivity index (χ1n) is 7.03. The molecule has 0 rings (SSSR count). The highest BCUT2D eigenvalue weighted by molar-refractivity contribution is 5.04. The predicted octanol–water partition coefficient (Wildman–Crippen LogP) is 5.11. The van der Waals surface area contributed by atoms with Crippen LogP contribution in [0.2, 0.25) is 0 Å². The molecule has 0 unspecified atom stereocenters. The molecule has 0 spiro atoms. The Kier molecular flexibility index (Phi) is 7.57. The second-order valence-corrected chi connectivity index (χ2v) is 5.25. The van der Waals surface area contributed by atoms with Gasteiger partial charge >= 0.3 is 23.7 Å². The summed E-state index contributed by atoms with van der Waals surface area (Å²) in [5.41, 5.74) is 0. The second-order valence-electron chi connectivity index (χ2n) is 5.25. The number of nitrogens with one attached hydrogen (secondary N) is 1. The van der Waals surface area contributed by atoms with Crippen LogP contribution in [0.25, 0.3) is 0 Å². The van der Waals surface area contributed by atoms with E-state index in [1.807, 2.05) is 6.92 Å². The van der Waals surface area contributed by atoms with Gasteiger partial charge in [0.05, 0.1) is 6.54 Å². The summed E-state index contributed by atoms with van der Waals surface area (Å²) in [7, 11) is 0.827. The van der Waals surface area contributed by atoms with Gasteiger partial charge in [0.25, 0.3) is 0 Å². The first-order chi connectivity index (χ1) is 9.87. The molecule has 0 saturated heterocycles. The Bertz CT molecular complexity index is 330. The third-order valence-corrected chi connectivity index (χ3v) is 3.31. The number of rotatable bonds is 11. The molecular formula is C13H21F8N. The number of alkyl halides is 8. The van der Waals surface area contributed by atoms with Gasteiger partial charge < -0.3 is 5.32 Å². The highest BCUT2D eigenvalue weighted by Gasteiger charge is 2.79. The van der Waals surface area contributed by atoms with Gasteiger partial charge in [-0.2, -0.15) is 35.1 Å². The highest BCUT2D eigenvalue weighted by Crippen LogP contribution is 2.53. The number of halogens is 8. The summed E-state index contributed by atoms with van der Waals surface area (Å²) in [6.45, 7) is 0.00925. The molecule has 1 N–H and O–H groups in total. The zero-order valence-electron chi connectivity index (χ0n) is 12.5. The molecule has 0 bridgehead atoms. The van der Waals surface area contributed by atoms with E-state index in [0.29, 0.717) is 12.8 Å². The highest BCUT2D eigenvalue weighted by atomic mass is 19.4. The number of hydrogen-bond donors (Lipinski definition) is 1. The summed E-state index contributed by atoms with van der Waals surface area (Å²) in [6.07, 6.45) is 0.118. The van der Waals surface area contributed by atoms with Gasteiger partial charge in [-0.15, -0.1) is 0 Å². The smallest absolute Gasteiger partial charge is 0.314 e. The Morgan fingerprint density at radius 1 is 0.682 bits per heavy atom. The largest absolute Gasteiger partial charge is 0.379 e. The maximum Gasteiger partial charge on any atom is 0.379 e. The molecule has 0 aromatic rings. The molecule has 134 valence electrons. The van der Waals surface area contributed by atoms with Crippen LogP contribution >= 0.6 is 0 Å². The fourth-order valence-electron chi connectivity index (χ4n) is 1.90. The SMILES string of the molecule is CCCCCCCC(F)(F)C(F)(F)C(F)(F)C(F)(F)CNC. The van der Waals surface area contributed by atoms with Crippen LogP contribution < -0.4 is 5.32 Å². The monoisotopic (exact) mass is 343 g/mol. The third kappa shape index (κ3) is 4.45. The van der Waals surface area contributed by atoms with E-state index in [9.17, 15) is 35.1 Å². The molecule has 0 fully saturated rings. The lowest BCUT2D eigenvalue weighted by Gasteiger charge is -2.36.